The molecule has 0 aromatic heterocycles. The van der Waals surface area contributed by atoms with E-state index >= 15 is 0 Å². The first-order valence-corrected chi connectivity index (χ1v) is 6.99. The van der Waals surface area contributed by atoms with Crippen LogP contribution in [0.25, 0.3) is 0 Å². The van der Waals surface area contributed by atoms with Gasteiger partial charge in [-0.2, -0.15) is 0 Å². The van der Waals surface area contributed by atoms with Crippen LogP contribution in [0.5, 0.6) is 0 Å². The Morgan fingerprint density at radius 1 is 1.10 bits per heavy atom. The Balaban J connectivity index is 0.00000361. The zero-order chi connectivity index (χ0) is 14.1. The number of para-hydroxylation sites is 1. The van der Waals surface area contributed by atoms with Crippen LogP contribution >= 0.6 is 0 Å². The predicted octanol–water partition coefficient (Wildman–Crippen LogP) is 0.116. The molecule has 4 nitrogen and oxygen atoms in total. The molecule has 0 aliphatic heterocycles. The van der Waals surface area contributed by atoms with Crippen molar-refractivity contribution in [2.45, 2.75) is 20.8 Å². The predicted molar refractivity (Wildman–Crippen MR) is 78.2 cm³/mol. The van der Waals surface area contributed by atoms with Crippen LogP contribution < -0.4 is 22.3 Å². The van der Waals surface area contributed by atoms with Gasteiger partial charge in [-0.25, -0.2) is 4.79 Å². The number of carbonyl (C=O) groups is 1. The molecule has 1 N–H and O–H groups in total. The number of ether oxygens (including phenoxy) is 1. The van der Waals surface area contributed by atoms with Crippen molar-refractivity contribution in [2.75, 3.05) is 38.1 Å². The van der Waals surface area contributed by atoms with Crippen molar-refractivity contribution in [1.29, 1.82) is 0 Å². The van der Waals surface area contributed by atoms with Crippen LogP contribution in [0.1, 0.15) is 20.8 Å². The Morgan fingerprint density at radius 3 is 2.15 bits per heavy atom. The van der Waals surface area contributed by atoms with Gasteiger partial charge in [0.2, 0.25) is 0 Å². The highest BCUT2D eigenvalue weighted by Crippen LogP contribution is 2.07. The summed E-state index contributed by atoms with van der Waals surface area (Å²) >= 11 is 0. The fraction of sp³-hybridized carbons (Fsp3) is 0.533. The van der Waals surface area contributed by atoms with Crippen LogP contribution in [0.4, 0.5) is 10.5 Å². The minimum atomic E-state index is -0.382. The van der Waals surface area contributed by atoms with Crippen LogP contribution in [0, 0.1) is 0 Å². The number of hydrogen-bond acceptors (Lipinski definition) is 2. The normalized spacial score (nSPS) is 10.6. The van der Waals surface area contributed by atoms with Crippen LogP contribution in [0.15, 0.2) is 30.3 Å². The maximum Gasteiger partial charge on any atom is 0.411 e. The molecular formula is C15H25BrN2O2. The first-order valence-electron chi connectivity index (χ1n) is 6.99. The van der Waals surface area contributed by atoms with Crippen LogP contribution in [0.2, 0.25) is 0 Å². The maximum atomic E-state index is 11.6. The molecule has 1 aromatic rings. The number of benzene rings is 1. The molecule has 20 heavy (non-hydrogen) atoms. The molecule has 0 aliphatic carbocycles. The summed E-state index contributed by atoms with van der Waals surface area (Å²) in [5, 5.41) is 2.71. The number of carbonyl (C=O) groups excluding carboxylic acids is 1. The summed E-state index contributed by atoms with van der Waals surface area (Å²) < 4.78 is 6.23. The fourth-order valence-corrected chi connectivity index (χ4v) is 2.15. The third-order valence-corrected chi connectivity index (χ3v) is 3.83. The number of nitrogens with zero attached hydrogens (tertiary/aromatic N) is 1. The van der Waals surface area contributed by atoms with Crippen LogP contribution in [0.3, 0.4) is 0 Å². The van der Waals surface area contributed by atoms with E-state index in [0.29, 0.717) is 6.61 Å². The smallest absolute Gasteiger partial charge is 0.411 e. The topological polar surface area (TPSA) is 38.3 Å². The molecular weight excluding hydrogens is 320 g/mol. The fourth-order valence-electron chi connectivity index (χ4n) is 2.15. The molecule has 0 spiro atoms. The first-order chi connectivity index (χ1) is 9.15. The van der Waals surface area contributed by atoms with Gasteiger partial charge in [0.15, 0.2) is 0 Å². The number of rotatable bonds is 7. The quantitative estimate of drug-likeness (QED) is 0.713. The summed E-state index contributed by atoms with van der Waals surface area (Å²) in [7, 11) is 0. The lowest BCUT2D eigenvalue weighted by atomic mass is 10.3. The minimum Gasteiger partial charge on any atom is -1.00 e. The monoisotopic (exact) mass is 344 g/mol. The van der Waals surface area contributed by atoms with E-state index in [2.05, 4.69) is 26.1 Å². The molecule has 114 valence electrons. The first kappa shape index (κ1) is 18.9. The van der Waals surface area contributed by atoms with E-state index in [9.17, 15) is 4.79 Å². The van der Waals surface area contributed by atoms with E-state index in [-0.39, 0.29) is 23.1 Å². The van der Waals surface area contributed by atoms with E-state index in [0.717, 1.165) is 36.3 Å². The molecule has 0 atom stereocenters. The number of hydrogen-bond donors (Lipinski definition) is 1. The van der Waals surface area contributed by atoms with Crippen LogP contribution in [-0.2, 0) is 4.74 Å². The second-order valence-corrected chi connectivity index (χ2v) is 4.64. The van der Waals surface area contributed by atoms with Crippen molar-refractivity contribution >= 4 is 11.8 Å². The molecule has 0 saturated heterocycles. The van der Waals surface area contributed by atoms with E-state index in [1.165, 1.54) is 0 Å². The summed E-state index contributed by atoms with van der Waals surface area (Å²) in [6.07, 6.45) is -0.382. The third kappa shape index (κ3) is 5.92. The molecule has 0 fully saturated rings. The van der Waals surface area contributed by atoms with Crippen molar-refractivity contribution in [3.8, 4) is 0 Å². The van der Waals surface area contributed by atoms with Gasteiger partial charge in [-0.3, -0.25) is 5.32 Å². The Bertz CT molecular complexity index is 372. The zero-order valence-corrected chi connectivity index (χ0v) is 14.1. The number of nitrogens with one attached hydrogen (secondary N) is 1. The van der Waals surface area contributed by atoms with Gasteiger partial charge < -0.3 is 26.2 Å². The summed E-state index contributed by atoms with van der Waals surface area (Å²) in [5.74, 6) is 0. The summed E-state index contributed by atoms with van der Waals surface area (Å²) in [6, 6.07) is 9.34. The summed E-state index contributed by atoms with van der Waals surface area (Å²) in [5.41, 5.74) is 0.759. The molecule has 1 amide bonds. The number of likely N-dealkylation sites (N-methyl/N-ethyl adjacent to an activating group) is 1. The average Bonchev–Trinajstić information content (AvgIpc) is 2.45. The van der Waals surface area contributed by atoms with Crippen molar-refractivity contribution in [3.63, 3.8) is 0 Å². The molecule has 1 rings (SSSR count). The molecule has 0 radical (unpaired) electrons. The Hall–Kier alpha value is -1.07. The lowest BCUT2D eigenvalue weighted by Gasteiger charge is -2.35. The minimum absolute atomic E-state index is 0. The highest BCUT2D eigenvalue weighted by molar-refractivity contribution is 5.84. The maximum absolute atomic E-state index is 11.6. The summed E-state index contributed by atoms with van der Waals surface area (Å²) in [6.45, 7) is 11.1. The lowest BCUT2D eigenvalue weighted by Crippen LogP contribution is -3.00. The van der Waals surface area contributed by atoms with Gasteiger partial charge in [-0.05, 0) is 32.9 Å². The van der Waals surface area contributed by atoms with Gasteiger partial charge in [0.1, 0.15) is 13.2 Å². The second kappa shape index (κ2) is 9.77. The lowest BCUT2D eigenvalue weighted by molar-refractivity contribution is -0.923. The SMILES string of the molecule is CC[N+](CC)(CC)CCOC(=O)Nc1ccccc1.[Br-]. The number of anilines is 1. The highest BCUT2D eigenvalue weighted by Gasteiger charge is 2.20. The Labute approximate surface area is 132 Å². The zero-order valence-electron chi connectivity index (χ0n) is 12.6. The molecule has 0 heterocycles. The largest absolute Gasteiger partial charge is 1.00 e. The standard InChI is InChI=1S/C15H24N2O2.BrH/c1-4-17(5-2,6-3)12-13-19-15(18)16-14-10-8-7-9-11-14;/h7-11H,4-6,12-13H2,1-3H3;1H. The number of halogens is 1. The Morgan fingerprint density at radius 2 is 1.65 bits per heavy atom. The molecule has 5 heteroatoms. The van der Waals surface area contributed by atoms with Gasteiger partial charge in [-0.1, -0.05) is 18.2 Å². The summed E-state index contributed by atoms with van der Waals surface area (Å²) in [4.78, 5) is 11.6. The van der Waals surface area contributed by atoms with E-state index in [1.807, 2.05) is 30.3 Å². The van der Waals surface area contributed by atoms with Crippen molar-refractivity contribution in [3.05, 3.63) is 30.3 Å². The highest BCUT2D eigenvalue weighted by atomic mass is 79.9. The van der Waals surface area contributed by atoms with Crippen molar-refractivity contribution in [2.24, 2.45) is 0 Å². The molecule has 0 aliphatic rings. The molecule has 0 saturated carbocycles. The number of quaternary nitrogens is 1. The van der Waals surface area contributed by atoms with E-state index < -0.39 is 0 Å². The third-order valence-electron chi connectivity index (χ3n) is 3.83. The van der Waals surface area contributed by atoms with Gasteiger partial charge >= 0.3 is 6.09 Å². The van der Waals surface area contributed by atoms with E-state index in [1.54, 1.807) is 0 Å². The Kier molecular flexibility index (Phi) is 9.25. The van der Waals surface area contributed by atoms with Crippen molar-refractivity contribution in [1.82, 2.24) is 0 Å². The van der Waals surface area contributed by atoms with Crippen molar-refractivity contribution < 1.29 is 31.0 Å². The van der Waals surface area contributed by atoms with Gasteiger partial charge in [0.25, 0.3) is 0 Å². The van der Waals surface area contributed by atoms with Gasteiger partial charge in [0, 0.05) is 5.69 Å². The molecule has 1 aromatic carbocycles. The molecule has 0 unspecified atom stereocenters. The van der Waals surface area contributed by atoms with Crippen LogP contribution in [-0.4, -0.2) is 43.4 Å². The van der Waals surface area contributed by atoms with E-state index in [4.69, 9.17) is 4.74 Å². The van der Waals surface area contributed by atoms with Gasteiger partial charge in [-0.15, -0.1) is 0 Å². The average molecular weight is 345 g/mol. The molecule has 0 bridgehead atoms. The second-order valence-electron chi connectivity index (χ2n) is 4.64. The van der Waals surface area contributed by atoms with Gasteiger partial charge in [0.05, 0.1) is 19.6 Å². The number of amides is 1.